The minimum absolute atomic E-state index is 0.0343. The van der Waals surface area contributed by atoms with Gasteiger partial charge < -0.3 is 14.9 Å². The molecule has 0 bridgehead atoms. The summed E-state index contributed by atoms with van der Waals surface area (Å²) in [5, 5.41) is 18.8. The first-order valence-electron chi connectivity index (χ1n) is 7.68. The first-order valence-corrected chi connectivity index (χ1v) is 7.68. The van der Waals surface area contributed by atoms with Crippen molar-refractivity contribution in [1.29, 1.82) is 0 Å². The molecule has 19 heavy (non-hydrogen) atoms. The average Bonchev–Trinajstić information content (AvgIpc) is 3.20. The van der Waals surface area contributed by atoms with Crippen molar-refractivity contribution in [3.8, 4) is 0 Å². The van der Waals surface area contributed by atoms with Crippen molar-refractivity contribution in [2.45, 2.75) is 63.8 Å². The SMILES string of the molecule is CCCCC[C@@H]1O[C@H]1C1C2CC(O)C(CC(=O)O)C21. The van der Waals surface area contributed by atoms with E-state index in [0.717, 1.165) is 12.8 Å². The van der Waals surface area contributed by atoms with Crippen LogP contribution in [0.2, 0.25) is 0 Å². The Morgan fingerprint density at radius 1 is 1.32 bits per heavy atom. The molecule has 0 aromatic rings. The van der Waals surface area contributed by atoms with Crippen LogP contribution in [0.4, 0.5) is 0 Å². The number of aliphatic hydroxyl groups is 1. The van der Waals surface area contributed by atoms with Crippen LogP contribution in [0.15, 0.2) is 0 Å². The summed E-state index contributed by atoms with van der Waals surface area (Å²) in [6, 6.07) is 0. The predicted octanol–water partition coefficient (Wildman–Crippen LogP) is 2.05. The van der Waals surface area contributed by atoms with Gasteiger partial charge in [0.25, 0.3) is 0 Å². The van der Waals surface area contributed by atoms with E-state index >= 15 is 0 Å². The highest BCUT2D eigenvalue weighted by Crippen LogP contribution is 2.66. The monoisotopic (exact) mass is 268 g/mol. The second-order valence-electron chi connectivity index (χ2n) is 6.52. The van der Waals surface area contributed by atoms with Crippen LogP contribution in [0.25, 0.3) is 0 Å². The number of aliphatic hydroxyl groups excluding tert-OH is 1. The molecule has 0 aromatic heterocycles. The minimum Gasteiger partial charge on any atom is -0.481 e. The number of unbranched alkanes of at least 4 members (excludes halogenated alkanes) is 2. The molecule has 3 rings (SSSR count). The summed E-state index contributed by atoms with van der Waals surface area (Å²) in [5.74, 6) is 0.659. The first-order chi connectivity index (χ1) is 9.13. The predicted molar refractivity (Wildman–Crippen MR) is 69.6 cm³/mol. The van der Waals surface area contributed by atoms with Gasteiger partial charge in [-0.05, 0) is 36.5 Å². The Bertz CT molecular complexity index is 356. The molecule has 0 radical (unpaired) electrons. The Hall–Kier alpha value is -0.610. The number of carboxylic acid groups (broad SMARTS) is 1. The maximum atomic E-state index is 10.9. The number of fused-ring (bicyclic) bond motifs is 1. The molecule has 3 fully saturated rings. The molecular formula is C15H24O4. The van der Waals surface area contributed by atoms with Crippen LogP contribution in [0.5, 0.6) is 0 Å². The largest absolute Gasteiger partial charge is 0.481 e. The van der Waals surface area contributed by atoms with Crippen LogP contribution < -0.4 is 0 Å². The summed E-state index contributed by atoms with van der Waals surface area (Å²) in [6.07, 6.45) is 6.19. The van der Waals surface area contributed by atoms with Gasteiger partial charge in [0.05, 0.1) is 24.7 Å². The van der Waals surface area contributed by atoms with Gasteiger partial charge in [0.15, 0.2) is 0 Å². The first kappa shape index (κ1) is 13.4. The molecule has 0 amide bonds. The lowest BCUT2D eigenvalue weighted by Gasteiger charge is -2.17. The number of carbonyl (C=O) groups is 1. The maximum Gasteiger partial charge on any atom is 0.303 e. The van der Waals surface area contributed by atoms with Crippen molar-refractivity contribution < 1.29 is 19.7 Å². The Kier molecular flexibility index (Phi) is 3.56. The lowest BCUT2D eigenvalue weighted by atomic mass is 9.92. The fourth-order valence-corrected chi connectivity index (χ4v) is 4.31. The van der Waals surface area contributed by atoms with Gasteiger partial charge >= 0.3 is 5.97 Å². The van der Waals surface area contributed by atoms with Gasteiger partial charge in [-0.2, -0.15) is 0 Å². The van der Waals surface area contributed by atoms with E-state index in [0.29, 0.717) is 30.0 Å². The normalized spacial score (nSPS) is 46.9. The number of epoxide rings is 1. The molecule has 108 valence electrons. The van der Waals surface area contributed by atoms with E-state index in [1.54, 1.807) is 0 Å². The van der Waals surface area contributed by atoms with E-state index in [4.69, 9.17) is 9.84 Å². The zero-order chi connectivity index (χ0) is 13.6. The number of hydrogen-bond donors (Lipinski definition) is 2. The zero-order valence-corrected chi connectivity index (χ0v) is 11.5. The molecule has 1 heterocycles. The summed E-state index contributed by atoms with van der Waals surface area (Å²) in [4.78, 5) is 10.9. The van der Waals surface area contributed by atoms with Crippen LogP contribution in [-0.4, -0.2) is 34.5 Å². The number of carboxylic acids is 1. The Morgan fingerprint density at radius 3 is 2.79 bits per heavy atom. The lowest BCUT2D eigenvalue weighted by Crippen LogP contribution is -2.24. The summed E-state index contributed by atoms with van der Waals surface area (Å²) in [7, 11) is 0. The van der Waals surface area contributed by atoms with Gasteiger partial charge in [-0.25, -0.2) is 0 Å². The Morgan fingerprint density at radius 2 is 2.11 bits per heavy atom. The van der Waals surface area contributed by atoms with Gasteiger partial charge in [0.2, 0.25) is 0 Å². The third-order valence-corrected chi connectivity index (χ3v) is 5.30. The van der Waals surface area contributed by atoms with Crippen LogP contribution in [0.3, 0.4) is 0 Å². The number of ether oxygens (including phenoxy) is 1. The second kappa shape index (κ2) is 5.06. The molecule has 2 N–H and O–H groups in total. The maximum absolute atomic E-state index is 10.9. The molecular weight excluding hydrogens is 244 g/mol. The molecule has 0 aromatic carbocycles. The Balaban J connectivity index is 1.47. The summed E-state index contributed by atoms with van der Waals surface area (Å²) in [5.41, 5.74) is 0. The highest BCUT2D eigenvalue weighted by Gasteiger charge is 2.68. The van der Waals surface area contributed by atoms with Gasteiger partial charge in [0.1, 0.15) is 0 Å². The van der Waals surface area contributed by atoms with Crippen LogP contribution in [0.1, 0.15) is 45.4 Å². The quantitative estimate of drug-likeness (QED) is 0.547. The van der Waals surface area contributed by atoms with Gasteiger partial charge in [-0.15, -0.1) is 0 Å². The van der Waals surface area contributed by atoms with E-state index < -0.39 is 12.1 Å². The molecule has 2 saturated carbocycles. The van der Waals surface area contributed by atoms with Crippen LogP contribution in [-0.2, 0) is 9.53 Å². The van der Waals surface area contributed by atoms with Crippen molar-refractivity contribution in [2.75, 3.05) is 0 Å². The van der Waals surface area contributed by atoms with Crippen molar-refractivity contribution in [3.05, 3.63) is 0 Å². The van der Waals surface area contributed by atoms with Crippen molar-refractivity contribution >= 4 is 5.97 Å². The molecule has 3 aliphatic rings. The van der Waals surface area contributed by atoms with E-state index in [1.165, 1.54) is 19.3 Å². The number of rotatable bonds is 7. The van der Waals surface area contributed by atoms with Gasteiger partial charge in [0, 0.05) is 0 Å². The average molecular weight is 268 g/mol. The number of aliphatic carboxylic acids is 1. The summed E-state index contributed by atoms with van der Waals surface area (Å²) >= 11 is 0. The van der Waals surface area contributed by atoms with Gasteiger partial charge in [-0.3, -0.25) is 4.79 Å². The van der Waals surface area contributed by atoms with E-state index in [9.17, 15) is 9.90 Å². The van der Waals surface area contributed by atoms with Gasteiger partial charge in [-0.1, -0.05) is 26.2 Å². The standard InChI is InChI=1S/C15H24O4/c1-2-3-4-5-11-15(19-11)14-9-6-10(16)8(13(9)14)7-12(17)18/h8-11,13-16H,2-7H2,1H3,(H,17,18)/t8?,9?,10?,11-,13?,14?,15+/m0/s1. The molecule has 1 saturated heterocycles. The molecule has 0 spiro atoms. The lowest BCUT2D eigenvalue weighted by molar-refractivity contribution is -0.139. The van der Waals surface area contributed by atoms with Crippen molar-refractivity contribution in [2.24, 2.45) is 23.7 Å². The second-order valence-corrected chi connectivity index (χ2v) is 6.52. The number of hydrogen-bond acceptors (Lipinski definition) is 3. The fraction of sp³-hybridized carbons (Fsp3) is 0.933. The van der Waals surface area contributed by atoms with Crippen LogP contribution in [0, 0.1) is 23.7 Å². The summed E-state index contributed by atoms with van der Waals surface area (Å²) < 4.78 is 5.78. The highest BCUT2D eigenvalue weighted by molar-refractivity contribution is 5.67. The van der Waals surface area contributed by atoms with Crippen molar-refractivity contribution in [3.63, 3.8) is 0 Å². The smallest absolute Gasteiger partial charge is 0.303 e. The molecule has 1 aliphatic heterocycles. The molecule has 7 atom stereocenters. The van der Waals surface area contributed by atoms with Crippen LogP contribution >= 0.6 is 0 Å². The highest BCUT2D eigenvalue weighted by atomic mass is 16.6. The third-order valence-electron chi connectivity index (χ3n) is 5.30. The fourth-order valence-electron chi connectivity index (χ4n) is 4.31. The Labute approximate surface area is 114 Å². The third kappa shape index (κ3) is 2.52. The summed E-state index contributed by atoms with van der Waals surface area (Å²) in [6.45, 7) is 2.20. The molecule has 2 aliphatic carbocycles. The zero-order valence-electron chi connectivity index (χ0n) is 11.5. The molecule has 4 nitrogen and oxygen atoms in total. The topological polar surface area (TPSA) is 70.1 Å². The molecule has 4 heteroatoms. The minimum atomic E-state index is -0.786. The van der Waals surface area contributed by atoms with E-state index in [2.05, 4.69) is 6.92 Å². The molecule has 5 unspecified atom stereocenters. The van der Waals surface area contributed by atoms with E-state index in [-0.39, 0.29) is 12.3 Å². The van der Waals surface area contributed by atoms with Crippen molar-refractivity contribution in [1.82, 2.24) is 0 Å². The van der Waals surface area contributed by atoms with E-state index in [1.807, 2.05) is 0 Å².